The molecule has 0 aliphatic carbocycles. The van der Waals surface area contributed by atoms with E-state index in [1.807, 2.05) is 6.07 Å². The molecular formula is C17H23FN4O. The molecule has 124 valence electrons. The van der Waals surface area contributed by atoms with Gasteiger partial charge in [0, 0.05) is 31.7 Å². The van der Waals surface area contributed by atoms with Crippen molar-refractivity contribution in [1.82, 2.24) is 19.9 Å². The van der Waals surface area contributed by atoms with Crippen LogP contribution in [0.3, 0.4) is 0 Å². The van der Waals surface area contributed by atoms with Crippen molar-refractivity contribution in [3.05, 3.63) is 35.5 Å². The molecule has 1 aliphatic heterocycles. The summed E-state index contributed by atoms with van der Waals surface area (Å²) in [5.41, 5.74) is 1.26. The third-order valence-electron chi connectivity index (χ3n) is 4.63. The fourth-order valence-corrected chi connectivity index (χ4v) is 2.88. The molecule has 23 heavy (non-hydrogen) atoms. The standard InChI is InChI=1S/C17H23FN4O/c1-4-21-7-9-22(10-8-21)13(3)17-19-16(20-23-17)14-6-5-12(2)15(18)11-14/h5-6,11,13H,4,7-10H2,1-3H3/t13-/m1/s1. The summed E-state index contributed by atoms with van der Waals surface area (Å²) in [6.07, 6.45) is 0. The molecule has 1 saturated heterocycles. The number of hydrogen-bond donors (Lipinski definition) is 0. The van der Waals surface area contributed by atoms with E-state index in [-0.39, 0.29) is 11.9 Å². The first kappa shape index (κ1) is 16.1. The second kappa shape index (κ2) is 6.76. The number of hydrogen-bond acceptors (Lipinski definition) is 5. The minimum absolute atomic E-state index is 0.0746. The Morgan fingerprint density at radius 1 is 1.26 bits per heavy atom. The molecule has 1 aromatic carbocycles. The van der Waals surface area contributed by atoms with Gasteiger partial charge in [0.15, 0.2) is 0 Å². The van der Waals surface area contributed by atoms with Crippen LogP contribution in [0, 0.1) is 12.7 Å². The van der Waals surface area contributed by atoms with E-state index in [9.17, 15) is 4.39 Å². The third-order valence-corrected chi connectivity index (χ3v) is 4.63. The number of aromatic nitrogens is 2. The average molecular weight is 318 g/mol. The summed E-state index contributed by atoms with van der Waals surface area (Å²) in [4.78, 5) is 9.24. The van der Waals surface area contributed by atoms with E-state index in [2.05, 4.69) is 33.8 Å². The molecule has 6 heteroatoms. The molecule has 5 nitrogen and oxygen atoms in total. The molecule has 2 aromatic rings. The Balaban J connectivity index is 1.72. The smallest absolute Gasteiger partial charge is 0.244 e. The number of rotatable bonds is 4. The van der Waals surface area contributed by atoms with Crippen LogP contribution in [0.25, 0.3) is 11.4 Å². The molecule has 0 amide bonds. The number of halogens is 1. The van der Waals surface area contributed by atoms with Crippen molar-refractivity contribution in [3.63, 3.8) is 0 Å². The zero-order chi connectivity index (χ0) is 16.4. The Hall–Kier alpha value is -1.79. The van der Waals surface area contributed by atoms with E-state index < -0.39 is 0 Å². The molecule has 1 atom stereocenters. The average Bonchev–Trinajstić information content (AvgIpc) is 3.07. The van der Waals surface area contributed by atoms with Crippen molar-refractivity contribution in [1.29, 1.82) is 0 Å². The molecule has 0 saturated carbocycles. The Morgan fingerprint density at radius 2 is 2.00 bits per heavy atom. The minimum atomic E-state index is -0.252. The normalized spacial score (nSPS) is 18.3. The first-order valence-corrected chi connectivity index (χ1v) is 8.15. The Morgan fingerprint density at radius 3 is 2.65 bits per heavy atom. The molecule has 1 fully saturated rings. The molecule has 3 rings (SSSR count). The molecule has 1 aromatic heterocycles. The summed E-state index contributed by atoms with van der Waals surface area (Å²) in [7, 11) is 0. The predicted octanol–water partition coefficient (Wildman–Crippen LogP) is 2.88. The van der Waals surface area contributed by atoms with Crippen molar-refractivity contribution >= 4 is 0 Å². The number of nitrogens with zero attached hydrogens (tertiary/aromatic N) is 4. The maximum Gasteiger partial charge on any atom is 0.244 e. The summed E-state index contributed by atoms with van der Waals surface area (Å²) < 4.78 is 19.1. The monoisotopic (exact) mass is 318 g/mol. The van der Waals surface area contributed by atoms with Crippen molar-refractivity contribution < 1.29 is 8.91 Å². The van der Waals surface area contributed by atoms with Crippen LogP contribution in [0.1, 0.15) is 31.3 Å². The second-order valence-electron chi connectivity index (χ2n) is 6.07. The highest BCUT2D eigenvalue weighted by Gasteiger charge is 2.25. The van der Waals surface area contributed by atoms with Gasteiger partial charge in [-0.05, 0) is 32.0 Å². The summed E-state index contributed by atoms with van der Waals surface area (Å²) in [5.74, 6) is 0.779. The summed E-state index contributed by atoms with van der Waals surface area (Å²) in [5, 5.41) is 4.01. The topological polar surface area (TPSA) is 45.4 Å². The van der Waals surface area contributed by atoms with Crippen LogP contribution in [0.15, 0.2) is 22.7 Å². The van der Waals surface area contributed by atoms with Crippen LogP contribution in [0.4, 0.5) is 4.39 Å². The van der Waals surface area contributed by atoms with Crippen LogP contribution >= 0.6 is 0 Å². The molecule has 0 spiro atoms. The van der Waals surface area contributed by atoms with Gasteiger partial charge in [-0.1, -0.05) is 24.2 Å². The third kappa shape index (κ3) is 3.43. The molecule has 0 unspecified atom stereocenters. The predicted molar refractivity (Wildman–Crippen MR) is 86.5 cm³/mol. The van der Waals surface area contributed by atoms with Gasteiger partial charge in [-0.2, -0.15) is 4.98 Å². The summed E-state index contributed by atoms with van der Waals surface area (Å²) >= 11 is 0. The molecule has 1 aliphatic rings. The number of benzene rings is 1. The highest BCUT2D eigenvalue weighted by Crippen LogP contribution is 2.24. The van der Waals surface area contributed by atoms with Gasteiger partial charge in [0.25, 0.3) is 0 Å². The van der Waals surface area contributed by atoms with Crippen LogP contribution in [0.2, 0.25) is 0 Å². The molecule has 0 N–H and O–H groups in total. The molecular weight excluding hydrogens is 295 g/mol. The first-order chi connectivity index (χ1) is 11.1. The summed E-state index contributed by atoms with van der Waals surface area (Å²) in [6.45, 7) is 11.2. The van der Waals surface area contributed by atoms with Crippen LogP contribution < -0.4 is 0 Å². The molecule has 2 heterocycles. The van der Waals surface area contributed by atoms with Gasteiger partial charge in [-0.25, -0.2) is 4.39 Å². The van der Waals surface area contributed by atoms with E-state index >= 15 is 0 Å². The maximum absolute atomic E-state index is 13.7. The van der Waals surface area contributed by atoms with Gasteiger partial charge < -0.3 is 9.42 Å². The summed E-state index contributed by atoms with van der Waals surface area (Å²) in [6, 6.07) is 5.08. The van der Waals surface area contributed by atoms with E-state index in [0.29, 0.717) is 22.8 Å². The quantitative estimate of drug-likeness (QED) is 0.867. The fraction of sp³-hybridized carbons (Fsp3) is 0.529. The van der Waals surface area contributed by atoms with E-state index in [0.717, 1.165) is 32.7 Å². The zero-order valence-electron chi connectivity index (χ0n) is 13.9. The van der Waals surface area contributed by atoms with Crippen molar-refractivity contribution in [2.45, 2.75) is 26.8 Å². The zero-order valence-corrected chi connectivity index (χ0v) is 13.9. The first-order valence-electron chi connectivity index (χ1n) is 8.15. The minimum Gasteiger partial charge on any atom is -0.337 e. The molecule has 0 bridgehead atoms. The maximum atomic E-state index is 13.7. The van der Waals surface area contributed by atoms with Gasteiger partial charge >= 0.3 is 0 Å². The highest BCUT2D eigenvalue weighted by molar-refractivity contribution is 5.54. The SMILES string of the molecule is CCN1CCN([C@H](C)c2nc(-c3ccc(C)c(F)c3)no2)CC1. The van der Waals surface area contributed by atoms with E-state index in [4.69, 9.17) is 4.52 Å². The van der Waals surface area contributed by atoms with Crippen molar-refractivity contribution in [2.75, 3.05) is 32.7 Å². The van der Waals surface area contributed by atoms with Crippen LogP contribution in [-0.2, 0) is 0 Å². The van der Waals surface area contributed by atoms with E-state index in [1.54, 1.807) is 13.0 Å². The Labute approximate surface area is 136 Å². The fourth-order valence-electron chi connectivity index (χ4n) is 2.88. The van der Waals surface area contributed by atoms with Gasteiger partial charge in [-0.3, -0.25) is 4.90 Å². The van der Waals surface area contributed by atoms with Gasteiger partial charge in [0.2, 0.25) is 11.7 Å². The second-order valence-corrected chi connectivity index (χ2v) is 6.07. The van der Waals surface area contributed by atoms with Gasteiger partial charge in [0.05, 0.1) is 6.04 Å². The van der Waals surface area contributed by atoms with Crippen molar-refractivity contribution in [3.8, 4) is 11.4 Å². The van der Waals surface area contributed by atoms with Gasteiger partial charge in [-0.15, -0.1) is 0 Å². The number of piperazine rings is 1. The largest absolute Gasteiger partial charge is 0.337 e. The lowest BCUT2D eigenvalue weighted by Gasteiger charge is -2.36. The number of likely N-dealkylation sites (N-methyl/N-ethyl adjacent to an activating group) is 1. The van der Waals surface area contributed by atoms with E-state index in [1.165, 1.54) is 6.07 Å². The lowest BCUT2D eigenvalue weighted by Crippen LogP contribution is -2.46. The van der Waals surface area contributed by atoms with Crippen LogP contribution in [-0.4, -0.2) is 52.7 Å². The molecule has 0 radical (unpaired) electrons. The Bertz CT molecular complexity index is 664. The Kier molecular flexibility index (Phi) is 4.73. The highest BCUT2D eigenvalue weighted by atomic mass is 19.1. The van der Waals surface area contributed by atoms with Gasteiger partial charge in [0.1, 0.15) is 5.82 Å². The van der Waals surface area contributed by atoms with Crippen molar-refractivity contribution in [2.24, 2.45) is 0 Å². The lowest BCUT2D eigenvalue weighted by molar-refractivity contribution is 0.0914. The number of aryl methyl sites for hydroxylation is 1. The lowest BCUT2D eigenvalue weighted by atomic mass is 10.1. The van der Waals surface area contributed by atoms with Crippen LogP contribution in [0.5, 0.6) is 0 Å².